The molecule has 0 rings (SSSR count). The highest BCUT2D eigenvalue weighted by Crippen LogP contribution is 2.68. The van der Waals surface area contributed by atoms with Gasteiger partial charge >= 0.3 is 37.8 Å². The predicted octanol–water partition coefficient (Wildman–Crippen LogP) is 6.24. The number of nitrogens with zero attached hydrogens (tertiary/aromatic N) is 3. The van der Waals surface area contributed by atoms with Crippen molar-refractivity contribution in [2.24, 2.45) is 0 Å². The molecule has 22 heteroatoms. The van der Waals surface area contributed by atoms with Gasteiger partial charge in [-0.05, 0) is 0 Å². The molecule has 0 amide bonds. The Morgan fingerprint density at radius 2 is 0.393 bits per heavy atom. The van der Waals surface area contributed by atoms with Crippen LogP contribution in [0.25, 0.3) is 0 Å². The lowest BCUT2D eigenvalue weighted by molar-refractivity contribution is -0.378. The van der Waals surface area contributed by atoms with Gasteiger partial charge in [0.05, 0.1) is 0 Å². The van der Waals surface area contributed by atoms with E-state index in [1.807, 2.05) is 0 Å². The van der Waals surface area contributed by atoms with Crippen LogP contribution in [-0.2, 0) is 0 Å². The van der Waals surface area contributed by atoms with Gasteiger partial charge in [0.2, 0.25) is 0 Å². The van der Waals surface area contributed by atoms with Gasteiger partial charge in [-0.1, -0.05) is 14.0 Å². The maximum atomic E-state index is 12.4. The Morgan fingerprint density at radius 3 is 0.464 bits per heavy atom. The fraction of sp³-hybridized carbons (Fsp3) is 1.00. The SMILES string of the molecule is FC(F)(F)N(P(N(C(F)(F)F)C(F)(F)F)N(C(F)(F)F)C(F)(F)F)C(F)(F)F. The summed E-state index contributed by atoms with van der Waals surface area (Å²) < 4.78 is 212. The summed E-state index contributed by atoms with van der Waals surface area (Å²) in [6, 6.07) is 0. The standard InChI is InChI=1S/C6F18N3P/c7-1(8,9)25(2(10,11)12)28(26(3(13,14)15)4(16,17)18)27(5(19,20)21)6(22,23)24. The van der Waals surface area contributed by atoms with Crippen LogP contribution >= 0.6 is 8.37 Å². The van der Waals surface area contributed by atoms with Crippen molar-refractivity contribution in [1.29, 1.82) is 0 Å². The fourth-order valence-electron chi connectivity index (χ4n) is 1.31. The highest BCUT2D eigenvalue weighted by molar-refractivity contribution is 7.50. The molecule has 170 valence electrons. The lowest BCUT2D eigenvalue weighted by Gasteiger charge is -2.45. The summed E-state index contributed by atoms with van der Waals surface area (Å²) in [6.07, 6.45) is -45.5. The first-order valence-electron chi connectivity index (χ1n) is 5.34. The van der Waals surface area contributed by atoms with Crippen LogP contribution in [-0.4, -0.2) is 51.8 Å². The lowest BCUT2D eigenvalue weighted by atomic mass is 11.0. The molecule has 0 aromatic carbocycles. The maximum absolute atomic E-state index is 12.4. The minimum atomic E-state index is -7.59. The number of hydrogen-bond donors (Lipinski definition) is 0. The molecule has 0 saturated carbocycles. The van der Waals surface area contributed by atoms with Gasteiger partial charge in [0.1, 0.15) is 0 Å². The number of rotatable bonds is 3. The van der Waals surface area contributed by atoms with Crippen molar-refractivity contribution in [3.05, 3.63) is 0 Å². The third kappa shape index (κ3) is 6.55. The highest BCUT2D eigenvalue weighted by Gasteiger charge is 2.75. The van der Waals surface area contributed by atoms with Crippen molar-refractivity contribution in [2.45, 2.75) is 37.8 Å². The Kier molecular flexibility index (Phi) is 7.13. The van der Waals surface area contributed by atoms with Crippen LogP contribution in [0.2, 0.25) is 0 Å². The van der Waals surface area contributed by atoms with Crippen LogP contribution in [0, 0.1) is 0 Å². The first kappa shape index (κ1) is 27.0. The quantitative estimate of drug-likeness (QED) is 0.265. The minimum Gasteiger partial charge on any atom is -0.155 e. The number of alkyl halides is 18. The second kappa shape index (κ2) is 7.38. The first-order chi connectivity index (χ1) is 11.7. The Labute approximate surface area is 140 Å². The number of halogens is 18. The zero-order valence-corrected chi connectivity index (χ0v) is 12.5. The normalized spacial score (nSPS) is 16.1. The lowest BCUT2D eigenvalue weighted by Crippen LogP contribution is -2.60. The molecule has 0 aromatic heterocycles. The van der Waals surface area contributed by atoms with Crippen molar-refractivity contribution >= 4 is 8.37 Å². The summed E-state index contributed by atoms with van der Waals surface area (Å²) in [5.74, 6) is 0. The van der Waals surface area contributed by atoms with Crippen LogP contribution in [0.3, 0.4) is 0 Å². The molecule has 0 spiro atoms. The molecular weight excluding hydrogens is 487 g/mol. The predicted molar refractivity (Wildman–Crippen MR) is 48.8 cm³/mol. The molecule has 0 unspecified atom stereocenters. The van der Waals surface area contributed by atoms with Crippen LogP contribution in [0.5, 0.6) is 0 Å². The van der Waals surface area contributed by atoms with Crippen molar-refractivity contribution in [3.63, 3.8) is 0 Å². The third-order valence-electron chi connectivity index (χ3n) is 1.98. The Morgan fingerprint density at radius 1 is 0.286 bits per heavy atom. The topological polar surface area (TPSA) is 9.72 Å². The summed E-state index contributed by atoms with van der Waals surface area (Å²) in [5, 5.41) is 0. The molecular formula is C6F18N3P. The van der Waals surface area contributed by atoms with E-state index in [0.29, 0.717) is 0 Å². The number of hydrogen-bond acceptors (Lipinski definition) is 3. The van der Waals surface area contributed by atoms with E-state index in [1.54, 1.807) is 0 Å². The van der Waals surface area contributed by atoms with Gasteiger partial charge in [-0.15, -0.1) is 0 Å². The van der Waals surface area contributed by atoms with E-state index in [1.165, 1.54) is 0 Å². The zero-order valence-electron chi connectivity index (χ0n) is 11.6. The van der Waals surface area contributed by atoms with Gasteiger partial charge < -0.3 is 0 Å². The van der Waals surface area contributed by atoms with E-state index in [-0.39, 0.29) is 0 Å². The summed E-state index contributed by atoms with van der Waals surface area (Å²) >= 11 is 0. The second-order valence-electron chi connectivity index (χ2n) is 4.01. The molecule has 0 fully saturated rings. The van der Waals surface area contributed by atoms with Gasteiger partial charge in [0.25, 0.3) is 0 Å². The average Bonchev–Trinajstić information content (AvgIpc) is 2.13. The molecule has 0 N–H and O–H groups in total. The Bertz CT molecular complexity index is 400. The van der Waals surface area contributed by atoms with E-state index in [2.05, 4.69) is 0 Å². The Balaban J connectivity index is 7.30. The Hall–Kier alpha value is -0.950. The smallest absolute Gasteiger partial charge is 0.155 e. The van der Waals surface area contributed by atoms with Gasteiger partial charge in [0, 0.05) is 0 Å². The van der Waals surface area contributed by atoms with Gasteiger partial charge in [-0.3, -0.25) is 0 Å². The summed E-state index contributed by atoms with van der Waals surface area (Å²) in [5.41, 5.74) is 0. The molecule has 0 atom stereocenters. The van der Waals surface area contributed by atoms with Crippen molar-refractivity contribution in [2.75, 3.05) is 0 Å². The molecule has 0 bridgehead atoms. The molecule has 0 aliphatic heterocycles. The molecule has 0 aliphatic rings. The van der Waals surface area contributed by atoms with E-state index < -0.39 is 60.2 Å². The van der Waals surface area contributed by atoms with Gasteiger partial charge in [0.15, 0.2) is 8.37 Å². The molecule has 0 heterocycles. The molecule has 28 heavy (non-hydrogen) atoms. The van der Waals surface area contributed by atoms with Crippen LogP contribution in [0.1, 0.15) is 0 Å². The van der Waals surface area contributed by atoms with E-state index in [9.17, 15) is 79.0 Å². The zero-order chi connectivity index (χ0) is 23.3. The molecule has 3 nitrogen and oxygen atoms in total. The first-order valence-corrected chi connectivity index (χ1v) is 6.54. The van der Waals surface area contributed by atoms with E-state index in [4.69, 9.17) is 0 Å². The molecule has 0 radical (unpaired) electrons. The summed E-state index contributed by atoms with van der Waals surface area (Å²) in [7, 11) is -7.53. The maximum Gasteiger partial charge on any atom is 0.472 e. The monoisotopic (exact) mass is 487 g/mol. The second-order valence-corrected chi connectivity index (χ2v) is 5.75. The van der Waals surface area contributed by atoms with Gasteiger partial charge in [-0.2, -0.15) is 79.0 Å². The van der Waals surface area contributed by atoms with E-state index >= 15 is 0 Å². The third-order valence-corrected chi connectivity index (χ3v) is 4.41. The summed E-state index contributed by atoms with van der Waals surface area (Å²) in [6.45, 7) is 0. The molecule has 0 aromatic rings. The average molecular weight is 487 g/mol. The van der Waals surface area contributed by atoms with Crippen molar-refractivity contribution in [3.8, 4) is 0 Å². The van der Waals surface area contributed by atoms with Gasteiger partial charge in [-0.25, -0.2) is 0 Å². The highest BCUT2D eigenvalue weighted by atomic mass is 31.2. The summed E-state index contributed by atoms with van der Waals surface area (Å²) in [4.78, 5) is 0. The minimum absolute atomic E-state index is 4.09. The fourth-order valence-corrected chi connectivity index (χ4v) is 3.06. The van der Waals surface area contributed by atoms with Crippen LogP contribution < -0.4 is 0 Å². The van der Waals surface area contributed by atoms with E-state index in [0.717, 1.165) is 0 Å². The van der Waals surface area contributed by atoms with Crippen molar-refractivity contribution < 1.29 is 79.0 Å². The molecule has 0 aliphatic carbocycles. The van der Waals surface area contributed by atoms with Crippen LogP contribution in [0.15, 0.2) is 0 Å². The largest absolute Gasteiger partial charge is 0.472 e. The van der Waals surface area contributed by atoms with Crippen LogP contribution in [0.4, 0.5) is 79.0 Å². The molecule has 0 saturated heterocycles. The van der Waals surface area contributed by atoms with Crippen molar-refractivity contribution in [1.82, 2.24) is 14.0 Å².